The van der Waals surface area contributed by atoms with Gasteiger partial charge in [0.2, 0.25) is 0 Å². The van der Waals surface area contributed by atoms with Gasteiger partial charge in [0.1, 0.15) is 12.4 Å². The second-order valence-electron chi connectivity index (χ2n) is 3.14. The Hall–Kier alpha value is -0.920. The van der Waals surface area contributed by atoms with Crippen LogP contribution in [0.25, 0.3) is 0 Å². The highest BCUT2D eigenvalue weighted by Crippen LogP contribution is 2.23. The fourth-order valence-electron chi connectivity index (χ4n) is 1.45. The molecule has 0 bridgehead atoms. The van der Waals surface area contributed by atoms with Crippen LogP contribution in [0.1, 0.15) is 13.3 Å². The van der Waals surface area contributed by atoms with Gasteiger partial charge >= 0.3 is 0 Å². The lowest BCUT2D eigenvalue weighted by Crippen LogP contribution is -2.28. The molecular weight excluding hydrogens is 138 g/mol. The molecule has 1 N–H and O–H groups in total. The van der Waals surface area contributed by atoms with Crippen LogP contribution in [-0.2, 0) is 4.74 Å². The lowest BCUT2D eigenvalue weighted by molar-refractivity contribution is 0.192. The van der Waals surface area contributed by atoms with Crippen LogP contribution in [0.5, 0.6) is 0 Å². The summed E-state index contributed by atoms with van der Waals surface area (Å²) in [7, 11) is 0. The molecule has 1 aliphatic heterocycles. The zero-order valence-corrected chi connectivity index (χ0v) is 6.76. The zero-order valence-electron chi connectivity index (χ0n) is 6.76. The molecule has 1 heterocycles. The van der Waals surface area contributed by atoms with Crippen LogP contribution in [-0.4, -0.2) is 13.2 Å². The minimum atomic E-state index is 0.633. The van der Waals surface area contributed by atoms with E-state index >= 15 is 0 Å². The molecule has 1 atom stereocenters. The van der Waals surface area contributed by atoms with E-state index in [1.165, 1.54) is 5.70 Å². The fourth-order valence-corrected chi connectivity index (χ4v) is 1.45. The molecule has 0 aromatic rings. The Kier molecular flexibility index (Phi) is 1.60. The van der Waals surface area contributed by atoms with Crippen LogP contribution >= 0.6 is 0 Å². The van der Waals surface area contributed by atoms with Crippen molar-refractivity contribution < 1.29 is 4.74 Å². The van der Waals surface area contributed by atoms with Crippen molar-refractivity contribution in [2.45, 2.75) is 13.3 Å². The molecule has 0 radical (unpaired) electrons. The molecule has 2 aliphatic rings. The van der Waals surface area contributed by atoms with Gasteiger partial charge < -0.3 is 10.1 Å². The van der Waals surface area contributed by atoms with Gasteiger partial charge in [-0.05, 0) is 18.4 Å². The van der Waals surface area contributed by atoms with E-state index in [9.17, 15) is 0 Å². The number of fused-ring (bicyclic) bond motifs is 1. The van der Waals surface area contributed by atoms with E-state index in [1.807, 2.05) is 0 Å². The first-order valence-corrected chi connectivity index (χ1v) is 4.15. The van der Waals surface area contributed by atoms with Crippen molar-refractivity contribution in [2.75, 3.05) is 13.2 Å². The van der Waals surface area contributed by atoms with E-state index in [0.717, 1.165) is 25.3 Å². The highest BCUT2D eigenvalue weighted by atomic mass is 16.5. The van der Waals surface area contributed by atoms with Gasteiger partial charge in [-0.15, -0.1) is 0 Å². The lowest BCUT2D eigenvalue weighted by atomic mass is 10.00. The average molecular weight is 151 g/mol. The van der Waals surface area contributed by atoms with Crippen LogP contribution in [0.4, 0.5) is 0 Å². The van der Waals surface area contributed by atoms with Gasteiger partial charge in [0.25, 0.3) is 0 Å². The maximum Gasteiger partial charge on any atom is 0.138 e. The van der Waals surface area contributed by atoms with Gasteiger partial charge in [0.15, 0.2) is 0 Å². The second-order valence-corrected chi connectivity index (χ2v) is 3.14. The SMILES string of the molecule is CC1C=C2OCCNC2=CC1. The Labute approximate surface area is 66.9 Å². The first kappa shape index (κ1) is 6.77. The summed E-state index contributed by atoms with van der Waals surface area (Å²) in [5.74, 6) is 1.68. The molecule has 0 spiro atoms. The molecule has 2 heteroatoms. The number of rotatable bonds is 0. The summed E-state index contributed by atoms with van der Waals surface area (Å²) < 4.78 is 5.48. The number of nitrogens with one attached hydrogen (secondary N) is 1. The summed E-state index contributed by atoms with van der Waals surface area (Å²) in [5, 5.41) is 3.31. The molecule has 60 valence electrons. The Morgan fingerprint density at radius 3 is 3.45 bits per heavy atom. The molecule has 11 heavy (non-hydrogen) atoms. The molecule has 2 rings (SSSR count). The molecular formula is C9H13NO. The van der Waals surface area contributed by atoms with Gasteiger partial charge in [0, 0.05) is 6.54 Å². The summed E-state index contributed by atoms with van der Waals surface area (Å²) in [6, 6.07) is 0. The molecule has 1 unspecified atom stereocenters. The second kappa shape index (κ2) is 2.61. The van der Waals surface area contributed by atoms with Crippen molar-refractivity contribution in [1.82, 2.24) is 5.32 Å². The first-order chi connectivity index (χ1) is 5.36. The largest absolute Gasteiger partial charge is 0.490 e. The monoisotopic (exact) mass is 151 g/mol. The van der Waals surface area contributed by atoms with E-state index in [4.69, 9.17) is 4.74 Å². The molecule has 0 amide bonds. The maximum atomic E-state index is 5.48. The van der Waals surface area contributed by atoms with E-state index in [1.54, 1.807) is 0 Å². The van der Waals surface area contributed by atoms with Crippen molar-refractivity contribution in [3.63, 3.8) is 0 Å². The normalized spacial score (nSPS) is 29.0. The Morgan fingerprint density at radius 1 is 1.64 bits per heavy atom. The van der Waals surface area contributed by atoms with Gasteiger partial charge in [-0.3, -0.25) is 0 Å². The molecule has 0 aromatic heterocycles. The number of morpholine rings is 1. The van der Waals surface area contributed by atoms with Crippen molar-refractivity contribution in [3.8, 4) is 0 Å². The summed E-state index contributed by atoms with van der Waals surface area (Å²) >= 11 is 0. The minimum absolute atomic E-state index is 0.633. The number of ether oxygens (including phenoxy) is 1. The summed E-state index contributed by atoms with van der Waals surface area (Å²) in [6.07, 6.45) is 5.55. The third-order valence-electron chi connectivity index (χ3n) is 2.07. The predicted octanol–water partition coefficient (Wildman–Crippen LogP) is 1.41. The lowest BCUT2D eigenvalue weighted by Gasteiger charge is -2.25. The Balaban J connectivity index is 2.19. The smallest absolute Gasteiger partial charge is 0.138 e. The van der Waals surface area contributed by atoms with Crippen LogP contribution in [0, 0.1) is 5.92 Å². The van der Waals surface area contributed by atoms with Crippen LogP contribution < -0.4 is 5.32 Å². The van der Waals surface area contributed by atoms with Gasteiger partial charge in [0.05, 0.1) is 5.70 Å². The minimum Gasteiger partial charge on any atom is -0.490 e. The van der Waals surface area contributed by atoms with Gasteiger partial charge in [-0.25, -0.2) is 0 Å². The first-order valence-electron chi connectivity index (χ1n) is 4.15. The van der Waals surface area contributed by atoms with E-state index < -0.39 is 0 Å². The quantitative estimate of drug-likeness (QED) is 0.565. The number of allylic oxidation sites excluding steroid dienone is 2. The van der Waals surface area contributed by atoms with E-state index in [-0.39, 0.29) is 0 Å². The van der Waals surface area contributed by atoms with Crippen molar-refractivity contribution in [2.24, 2.45) is 5.92 Å². The van der Waals surface area contributed by atoms with E-state index in [2.05, 4.69) is 24.4 Å². The summed E-state index contributed by atoms with van der Waals surface area (Å²) in [5.41, 5.74) is 1.19. The maximum absolute atomic E-state index is 5.48. The molecule has 0 aromatic carbocycles. The van der Waals surface area contributed by atoms with Gasteiger partial charge in [-0.1, -0.05) is 13.0 Å². The highest BCUT2D eigenvalue weighted by Gasteiger charge is 2.16. The standard InChI is InChI=1S/C9H13NO/c1-7-2-3-8-9(6-7)11-5-4-10-8/h3,6-7,10H,2,4-5H2,1H3. The fraction of sp³-hybridized carbons (Fsp3) is 0.556. The summed E-state index contributed by atoms with van der Waals surface area (Å²) in [4.78, 5) is 0. The van der Waals surface area contributed by atoms with Crippen molar-refractivity contribution in [3.05, 3.63) is 23.6 Å². The molecule has 0 saturated carbocycles. The van der Waals surface area contributed by atoms with Crippen molar-refractivity contribution in [1.29, 1.82) is 0 Å². The Morgan fingerprint density at radius 2 is 2.55 bits per heavy atom. The molecule has 1 saturated heterocycles. The molecule has 1 aliphatic carbocycles. The van der Waals surface area contributed by atoms with Crippen molar-refractivity contribution >= 4 is 0 Å². The predicted molar refractivity (Wildman–Crippen MR) is 43.9 cm³/mol. The van der Waals surface area contributed by atoms with Crippen LogP contribution in [0.3, 0.4) is 0 Å². The highest BCUT2D eigenvalue weighted by molar-refractivity contribution is 5.29. The number of hydrogen-bond acceptors (Lipinski definition) is 2. The molecule has 1 fully saturated rings. The van der Waals surface area contributed by atoms with Crippen LogP contribution in [0.15, 0.2) is 23.6 Å². The molecule has 2 nitrogen and oxygen atoms in total. The number of hydrogen-bond donors (Lipinski definition) is 1. The third kappa shape index (κ3) is 1.25. The van der Waals surface area contributed by atoms with E-state index in [0.29, 0.717) is 5.92 Å². The third-order valence-corrected chi connectivity index (χ3v) is 2.07. The zero-order chi connectivity index (χ0) is 7.68. The Bertz CT molecular complexity index is 218. The summed E-state index contributed by atoms with van der Waals surface area (Å²) in [6.45, 7) is 3.95. The average Bonchev–Trinajstić information content (AvgIpc) is 2.04. The topological polar surface area (TPSA) is 21.3 Å². The van der Waals surface area contributed by atoms with Crippen LogP contribution in [0.2, 0.25) is 0 Å². The van der Waals surface area contributed by atoms with Gasteiger partial charge in [-0.2, -0.15) is 0 Å².